The first-order valence-corrected chi connectivity index (χ1v) is 9.18. The third kappa shape index (κ3) is 3.45. The Hall–Kier alpha value is -2.73. The molecule has 0 bridgehead atoms. The van der Waals surface area contributed by atoms with Gasteiger partial charge in [-0.25, -0.2) is 4.39 Å². The van der Waals surface area contributed by atoms with Crippen molar-refractivity contribution in [3.8, 4) is 5.69 Å². The molecular weight excluding hydrogens is 367 g/mol. The summed E-state index contributed by atoms with van der Waals surface area (Å²) in [5, 5.41) is 11.0. The maximum absolute atomic E-state index is 13.7. The summed E-state index contributed by atoms with van der Waals surface area (Å²) in [5.41, 5.74) is 1.39. The zero-order valence-electron chi connectivity index (χ0n) is 14.5. The molecule has 1 aromatic heterocycles. The zero-order valence-corrected chi connectivity index (χ0v) is 15.3. The summed E-state index contributed by atoms with van der Waals surface area (Å²) >= 11 is 6.37. The molecule has 1 amide bonds. The van der Waals surface area contributed by atoms with Gasteiger partial charge in [-0.2, -0.15) is 0 Å². The van der Waals surface area contributed by atoms with Crippen molar-refractivity contribution in [2.24, 2.45) is 0 Å². The molecule has 1 saturated carbocycles. The van der Waals surface area contributed by atoms with Gasteiger partial charge >= 0.3 is 0 Å². The first-order chi connectivity index (χ1) is 13.1. The fraction of sp³-hybridized carbons (Fsp3) is 0.250. The highest BCUT2D eigenvalue weighted by atomic mass is 35.5. The van der Waals surface area contributed by atoms with E-state index in [1.165, 1.54) is 12.1 Å². The molecular formula is C20H18ClFN4O. The monoisotopic (exact) mass is 384 g/mol. The molecule has 0 saturated heterocycles. The van der Waals surface area contributed by atoms with E-state index in [0.29, 0.717) is 10.6 Å². The minimum atomic E-state index is -0.560. The minimum Gasteiger partial charge on any atom is -0.342 e. The number of hydrogen-bond acceptors (Lipinski definition) is 3. The van der Waals surface area contributed by atoms with Gasteiger partial charge in [0.25, 0.3) is 5.91 Å². The molecule has 0 unspecified atom stereocenters. The Morgan fingerprint density at radius 2 is 1.85 bits per heavy atom. The van der Waals surface area contributed by atoms with Gasteiger partial charge in [0, 0.05) is 5.69 Å². The number of nitrogens with one attached hydrogen (secondary N) is 1. The van der Waals surface area contributed by atoms with Gasteiger partial charge in [-0.15, -0.1) is 10.2 Å². The lowest BCUT2D eigenvalue weighted by atomic mass is 9.87. The predicted octanol–water partition coefficient (Wildman–Crippen LogP) is 4.26. The fourth-order valence-corrected chi connectivity index (χ4v) is 3.98. The third-order valence-corrected chi connectivity index (χ3v) is 5.41. The van der Waals surface area contributed by atoms with Crippen molar-refractivity contribution in [3.05, 3.63) is 77.1 Å². The lowest BCUT2D eigenvalue weighted by Crippen LogP contribution is -2.44. The van der Waals surface area contributed by atoms with Crippen LogP contribution in [0.4, 0.5) is 4.39 Å². The minimum absolute atomic E-state index is 0.263. The van der Waals surface area contributed by atoms with Crippen LogP contribution in [0.3, 0.4) is 0 Å². The Morgan fingerprint density at radius 3 is 2.52 bits per heavy atom. The first-order valence-electron chi connectivity index (χ1n) is 8.80. The molecule has 3 aromatic rings. The summed E-state index contributed by atoms with van der Waals surface area (Å²) in [6, 6.07) is 11.6. The molecule has 7 heteroatoms. The molecule has 1 aliphatic carbocycles. The van der Waals surface area contributed by atoms with Crippen LogP contribution in [0.2, 0.25) is 5.02 Å². The third-order valence-electron chi connectivity index (χ3n) is 5.10. The molecule has 1 fully saturated rings. The molecule has 2 aromatic carbocycles. The summed E-state index contributed by atoms with van der Waals surface area (Å²) in [4.78, 5) is 13.0. The summed E-state index contributed by atoms with van der Waals surface area (Å²) < 4.78 is 15.5. The van der Waals surface area contributed by atoms with E-state index in [1.54, 1.807) is 41.5 Å². The van der Waals surface area contributed by atoms with Crippen molar-refractivity contribution in [3.63, 3.8) is 0 Å². The standard InChI is InChI=1S/C20H18ClFN4O/c21-18-11-16(26-12-23-24-13-26)6-7-17(18)19(27)25-20(8-1-2-9-20)14-4-3-5-15(22)10-14/h3-7,10-13H,1-2,8-9H2,(H,25,27). The number of amides is 1. The second-order valence-corrected chi connectivity index (χ2v) is 7.19. The smallest absolute Gasteiger partial charge is 0.253 e. The van der Waals surface area contributed by atoms with Gasteiger partial charge in [-0.1, -0.05) is 36.6 Å². The Morgan fingerprint density at radius 1 is 1.11 bits per heavy atom. The van der Waals surface area contributed by atoms with E-state index < -0.39 is 5.54 Å². The zero-order chi connectivity index (χ0) is 18.9. The van der Waals surface area contributed by atoms with E-state index in [1.807, 2.05) is 6.07 Å². The Labute approximate surface area is 161 Å². The summed E-state index contributed by atoms with van der Waals surface area (Å²) in [5.74, 6) is -0.564. The number of benzene rings is 2. The maximum Gasteiger partial charge on any atom is 0.253 e. The van der Waals surface area contributed by atoms with Crippen LogP contribution < -0.4 is 5.32 Å². The van der Waals surface area contributed by atoms with Crippen molar-refractivity contribution in [2.45, 2.75) is 31.2 Å². The fourth-order valence-electron chi connectivity index (χ4n) is 3.72. The predicted molar refractivity (Wildman–Crippen MR) is 100 cm³/mol. The Kier molecular flexibility index (Phi) is 4.66. The SMILES string of the molecule is O=C(NC1(c2cccc(F)c2)CCCC1)c1ccc(-n2cnnc2)cc1Cl. The maximum atomic E-state index is 13.7. The van der Waals surface area contributed by atoms with E-state index in [2.05, 4.69) is 15.5 Å². The summed E-state index contributed by atoms with van der Waals surface area (Å²) in [6.07, 6.45) is 6.64. The van der Waals surface area contributed by atoms with Crippen molar-refractivity contribution in [2.75, 3.05) is 0 Å². The van der Waals surface area contributed by atoms with E-state index in [-0.39, 0.29) is 11.7 Å². The number of carbonyl (C=O) groups excluding carboxylic acids is 1. The average molecular weight is 385 g/mol. The quantitative estimate of drug-likeness (QED) is 0.731. The van der Waals surface area contributed by atoms with E-state index in [9.17, 15) is 9.18 Å². The largest absolute Gasteiger partial charge is 0.342 e. The van der Waals surface area contributed by atoms with Gasteiger partial charge in [-0.05, 0) is 48.7 Å². The molecule has 0 radical (unpaired) electrons. The van der Waals surface area contributed by atoms with Crippen LogP contribution in [0, 0.1) is 5.82 Å². The molecule has 0 spiro atoms. The molecule has 5 nitrogen and oxygen atoms in total. The summed E-state index contributed by atoms with van der Waals surface area (Å²) in [6.45, 7) is 0. The van der Waals surface area contributed by atoms with Gasteiger partial charge in [0.1, 0.15) is 18.5 Å². The van der Waals surface area contributed by atoms with Gasteiger partial charge < -0.3 is 5.32 Å². The Bertz CT molecular complexity index is 968. The molecule has 4 rings (SSSR count). The lowest BCUT2D eigenvalue weighted by Gasteiger charge is -2.31. The lowest BCUT2D eigenvalue weighted by molar-refractivity contribution is 0.0898. The second-order valence-electron chi connectivity index (χ2n) is 6.79. The number of rotatable bonds is 4. The van der Waals surface area contributed by atoms with Gasteiger partial charge in [0.15, 0.2) is 0 Å². The van der Waals surface area contributed by atoms with Crippen molar-refractivity contribution < 1.29 is 9.18 Å². The number of aromatic nitrogens is 3. The van der Waals surface area contributed by atoms with Gasteiger partial charge in [-0.3, -0.25) is 9.36 Å². The molecule has 0 atom stereocenters. The van der Waals surface area contributed by atoms with Crippen molar-refractivity contribution in [1.29, 1.82) is 0 Å². The van der Waals surface area contributed by atoms with Gasteiger partial charge in [0.05, 0.1) is 16.1 Å². The first kappa shape index (κ1) is 17.7. The van der Waals surface area contributed by atoms with Crippen LogP contribution >= 0.6 is 11.6 Å². The van der Waals surface area contributed by atoms with Crippen LogP contribution in [-0.2, 0) is 5.54 Å². The molecule has 1 heterocycles. The second kappa shape index (κ2) is 7.12. The van der Waals surface area contributed by atoms with E-state index in [4.69, 9.17) is 11.6 Å². The molecule has 0 aliphatic heterocycles. The van der Waals surface area contributed by atoms with Crippen LogP contribution in [0.25, 0.3) is 5.69 Å². The highest BCUT2D eigenvalue weighted by molar-refractivity contribution is 6.34. The van der Waals surface area contributed by atoms with E-state index in [0.717, 1.165) is 36.9 Å². The van der Waals surface area contributed by atoms with Crippen molar-refractivity contribution in [1.82, 2.24) is 20.1 Å². The molecule has 1 N–H and O–H groups in total. The van der Waals surface area contributed by atoms with Gasteiger partial charge in [0.2, 0.25) is 0 Å². The number of nitrogens with zero attached hydrogens (tertiary/aromatic N) is 3. The molecule has 138 valence electrons. The molecule has 1 aliphatic rings. The van der Waals surface area contributed by atoms with Crippen LogP contribution in [-0.4, -0.2) is 20.7 Å². The van der Waals surface area contributed by atoms with Crippen LogP contribution in [0.15, 0.2) is 55.1 Å². The van der Waals surface area contributed by atoms with Crippen LogP contribution in [0.5, 0.6) is 0 Å². The average Bonchev–Trinajstić information content (AvgIpc) is 3.34. The van der Waals surface area contributed by atoms with Crippen molar-refractivity contribution >= 4 is 17.5 Å². The highest BCUT2D eigenvalue weighted by Gasteiger charge is 2.37. The number of halogens is 2. The number of carbonyl (C=O) groups is 1. The van der Waals surface area contributed by atoms with E-state index >= 15 is 0 Å². The highest BCUT2D eigenvalue weighted by Crippen LogP contribution is 2.39. The number of hydrogen-bond donors (Lipinski definition) is 1. The Balaban J connectivity index is 1.62. The molecule has 27 heavy (non-hydrogen) atoms. The van der Waals surface area contributed by atoms with Crippen LogP contribution in [0.1, 0.15) is 41.6 Å². The normalized spacial score (nSPS) is 15.6. The topological polar surface area (TPSA) is 59.8 Å². The summed E-state index contributed by atoms with van der Waals surface area (Å²) in [7, 11) is 0.